The van der Waals surface area contributed by atoms with Gasteiger partial charge in [-0.2, -0.15) is 0 Å². The topological polar surface area (TPSA) is 86.5 Å². The molecule has 0 spiro atoms. The first kappa shape index (κ1) is 20.3. The Labute approximate surface area is 175 Å². The Balaban J connectivity index is 1.62. The molecule has 1 heterocycles. The number of carbonyl (C=O) groups excluding carboxylic acids is 1. The minimum absolute atomic E-state index is 0.0811. The van der Waals surface area contributed by atoms with Crippen LogP contribution >= 0.6 is 35.0 Å². The third kappa shape index (κ3) is 5.09. The summed E-state index contributed by atoms with van der Waals surface area (Å²) in [4.78, 5) is 12.1. The van der Waals surface area contributed by atoms with Gasteiger partial charge in [0.15, 0.2) is 11.5 Å². The molecule has 146 valence electrons. The summed E-state index contributed by atoms with van der Waals surface area (Å²) in [5.74, 6) is 1.28. The normalized spacial score (nSPS) is 10.6. The fourth-order valence-electron chi connectivity index (χ4n) is 2.30. The van der Waals surface area contributed by atoms with E-state index in [-0.39, 0.29) is 16.9 Å². The molecular formula is C18H15Cl2N3O4S. The van der Waals surface area contributed by atoms with Gasteiger partial charge in [-0.25, -0.2) is 0 Å². The number of benzene rings is 2. The molecule has 2 aromatic carbocycles. The molecule has 3 rings (SSSR count). The molecule has 3 aromatic rings. The number of thioether (sulfide) groups is 1. The molecule has 1 N–H and O–H groups in total. The Bertz CT molecular complexity index is 976. The van der Waals surface area contributed by atoms with Gasteiger partial charge in [0, 0.05) is 21.3 Å². The van der Waals surface area contributed by atoms with Gasteiger partial charge in [-0.05, 0) is 36.4 Å². The quantitative estimate of drug-likeness (QED) is 0.529. The van der Waals surface area contributed by atoms with Crippen LogP contribution in [0.3, 0.4) is 0 Å². The van der Waals surface area contributed by atoms with Crippen molar-refractivity contribution in [3.8, 4) is 23.0 Å². The van der Waals surface area contributed by atoms with Crippen molar-refractivity contribution >= 4 is 46.6 Å². The van der Waals surface area contributed by atoms with Gasteiger partial charge >= 0.3 is 0 Å². The third-order valence-corrected chi connectivity index (χ3v) is 4.76. The van der Waals surface area contributed by atoms with E-state index >= 15 is 0 Å². The summed E-state index contributed by atoms with van der Waals surface area (Å²) in [5, 5.41) is 11.8. The van der Waals surface area contributed by atoms with Crippen LogP contribution in [0, 0.1) is 0 Å². The Morgan fingerprint density at radius 2 is 1.79 bits per heavy atom. The monoisotopic (exact) mass is 439 g/mol. The summed E-state index contributed by atoms with van der Waals surface area (Å²) < 4.78 is 16.1. The van der Waals surface area contributed by atoms with Crippen LogP contribution in [0.25, 0.3) is 11.5 Å². The molecule has 0 unspecified atom stereocenters. The molecule has 0 aliphatic heterocycles. The molecule has 0 radical (unpaired) electrons. The average Bonchev–Trinajstić information content (AvgIpc) is 3.14. The van der Waals surface area contributed by atoms with Crippen molar-refractivity contribution in [3.05, 3.63) is 46.4 Å². The highest BCUT2D eigenvalue weighted by Gasteiger charge is 2.14. The maximum absolute atomic E-state index is 12.1. The second-order valence-corrected chi connectivity index (χ2v) is 7.24. The zero-order valence-corrected chi connectivity index (χ0v) is 17.2. The number of nitrogens with zero attached hydrogens (tertiary/aromatic N) is 2. The van der Waals surface area contributed by atoms with Crippen molar-refractivity contribution in [2.75, 3.05) is 25.3 Å². The number of carbonyl (C=O) groups is 1. The second-order valence-electron chi connectivity index (χ2n) is 5.44. The molecule has 0 aliphatic carbocycles. The number of ether oxygens (including phenoxy) is 2. The molecule has 10 heteroatoms. The molecule has 0 bridgehead atoms. The molecule has 1 aromatic heterocycles. The van der Waals surface area contributed by atoms with E-state index in [1.807, 2.05) is 0 Å². The number of hydrogen-bond donors (Lipinski definition) is 1. The molecule has 0 saturated heterocycles. The fourth-order valence-corrected chi connectivity index (χ4v) is 3.39. The molecule has 0 aliphatic rings. The van der Waals surface area contributed by atoms with E-state index in [0.29, 0.717) is 38.7 Å². The van der Waals surface area contributed by atoms with E-state index in [4.69, 9.17) is 37.1 Å². The highest BCUT2D eigenvalue weighted by Crippen LogP contribution is 2.32. The van der Waals surface area contributed by atoms with Crippen molar-refractivity contribution in [1.29, 1.82) is 0 Å². The zero-order chi connectivity index (χ0) is 20.1. The first-order valence-electron chi connectivity index (χ1n) is 7.93. The number of aromatic nitrogens is 2. The minimum Gasteiger partial charge on any atom is -0.493 e. The van der Waals surface area contributed by atoms with Crippen LogP contribution in [0.5, 0.6) is 11.5 Å². The lowest BCUT2D eigenvalue weighted by molar-refractivity contribution is -0.113. The lowest BCUT2D eigenvalue weighted by Crippen LogP contribution is -2.13. The molecule has 28 heavy (non-hydrogen) atoms. The van der Waals surface area contributed by atoms with Crippen LogP contribution in [0.2, 0.25) is 10.0 Å². The van der Waals surface area contributed by atoms with Gasteiger partial charge in [0.1, 0.15) is 0 Å². The van der Waals surface area contributed by atoms with Gasteiger partial charge < -0.3 is 19.2 Å². The summed E-state index contributed by atoms with van der Waals surface area (Å²) in [6, 6.07) is 10.1. The first-order chi connectivity index (χ1) is 13.5. The number of halogens is 2. The SMILES string of the molecule is COc1ccc(-c2nnc(SCC(=O)Nc3cc(Cl)cc(Cl)c3)o2)cc1OC. The standard InChI is InChI=1S/C18H15Cl2N3O4S/c1-25-14-4-3-10(5-15(14)26-2)17-22-23-18(27-17)28-9-16(24)21-13-7-11(19)6-12(20)8-13/h3-8H,9H2,1-2H3,(H,21,24). The lowest BCUT2D eigenvalue weighted by Gasteiger charge is -2.07. The third-order valence-electron chi connectivity index (χ3n) is 3.51. The lowest BCUT2D eigenvalue weighted by atomic mass is 10.2. The first-order valence-corrected chi connectivity index (χ1v) is 9.67. The van der Waals surface area contributed by atoms with Gasteiger partial charge in [-0.3, -0.25) is 4.79 Å². The predicted molar refractivity (Wildman–Crippen MR) is 109 cm³/mol. The Kier molecular flexibility index (Phi) is 6.66. The van der Waals surface area contributed by atoms with Crippen molar-refractivity contribution in [3.63, 3.8) is 0 Å². The fraction of sp³-hybridized carbons (Fsp3) is 0.167. The Morgan fingerprint density at radius 1 is 1.07 bits per heavy atom. The van der Waals surface area contributed by atoms with Gasteiger partial charge in [-0.15, -0.1) is 10.2 Å². The van der Waals surface area contributed by atoms with E-state index in [1.165, 1.54) is 0 Å². The molecular weight excluding hydrogens is 425 g/mol. The van der Waals surface area contributed by atoms with Gasteiger partial charge in [0.25, 0.3) is 5.22 Å². The highest BCUT2D eigenvalue weighted by atomic mass is 35.5. The number of nitrogens with one attached hydrogen (secondary N) is 1. The second kappa shape index (κ2) is 9.18. The van der Waals surface area contributed by atoms with Crippen molar-refractivity contribution in [1.82, 2.24) is 10.2 Å². The van der Waals surface area contributed by atoms with Crippen LogP contribution in [-0.2, 0) is 4.79 Å². The maximum Gasteiger partial charge on any atom is 0.277 e. The van der Waals surface area contributed by atoms with Crippen LogP contribution < -0.4 is 14.8 Å². The summed E-state index contributed by atoms with van der Waals surface area (Å²) in [6.45, 7) is 0. The minimum atomic E-state index is -0.255. The molecule has 0 saturated carbocycles. The Hall–Kier alpha value is -2.42. The summed E-state index contributed by atoms with van der Waals surface area (Å²) in [6.07, 6.45) is 0. The summed E-state index contributed by atoms with van der Waals surface area (Å²) >= 11 is 12.9. The predicted octanol–water partition coefficient (Wildman–Crippen LogP) is 4.79. The van der Waals surface area contributed by atoms with Gasteiger partial charge in [-0.1, -0.05) is 35.0 Å². The number of hydrogen-bond acceptors (Lipinski definition) is 7. The average molecular weight is 440 g/mol. The van der Waals surface area contributed by atoms with Gasteiger partial charge in [0.05, 0.1) is 20.0 Å². The number of rotatable bonds is 7. The van der Waals surface area contributed by atoms with Crippen LogP contribution in [0.1, 0.15) is 0 Å². The number of anilines is 1. The van der Waals surface area contributed by atoms with E-state index in [2.05, 4.69) is 15.5 Å². The highest BCUT2D eigenvalue weighted by molar-refractivity contribution is 7.99. The number of methoxy groups -OCH3 is 2. The van der Waals surface area contributed by atoms with E-state index in [9.17, 15) is 4.79 Å². The maximum atomic E-state index is 12.1. The van der Waals surface area contributed by atoms with E-state index in [1.54, 1.807) is 50.6 Å². The molecule has 7 nitrogen and oxygen atoms in total. The molecule has 0 atom stereocenters. The van der Waals surface area contributed by atoms with Crippen LogP contribution in [0.4, 0.5) is 5.69 Å². The van der Waals surface area contributed by atoms with Crippen molar-refractivity contribution in [2.24, 2.45) is 0 Å². The number of amides is 1. The summed E-state index contributed by atoms with van der Waals surface area (Å²) in [7, 11) is 3.10. The largest absolute Gasteiger partial charge is 0.493 e. The van der Waals surface area contributed by atoms with Gasteiger partial charge in [0.2, 0.25) is 11.8 Å². The van der Waals surface area contributed by atoms with Crippen LogP contribution in [-0.4, -0.2) is 36.1 Å². The molecule has 0 fully saturated rings. The van der Waals surface area contributed by atoms with E-state index < -0.39 is 0 Å². The van der Waals surface area contributed by atoms with E-state index in [0.717, 1.165) is 11.8 Å². The Morgan fingerprint density at radius 3 is 2.46 bits per heavy atom. The van der Waals surface area contributed by atoms with Crippen molar-refractivity contribution in [2.45, 2.75) is 5.22 Å². The smallest absolute Gasteiger partial charge is 0.277 e. The van der Waals surface area contributed by atoms with Crippen molar-refractivity contribution < 1.29 is 18.7 Å². The zero-order valence-electron chi connectivity index (χ0n) is 14.9. The van der Waals surface area contributed by atoms with Crippen LogP contribution in [0.15, 0.2) is 46.0 Å². The molecule has 1 amide bonds. The summed E-state index contributed by atoms with van der Waals surface area (Å²) in [5.41, 5.74) is 1.19.